The van der Waals surface area contributed by atoms with E-state index in [0.29, 0.717) is 26.2 Å². The molecule has 0 aromatic heterocycles. The summed E-state index contributed by atoms with van der Waals surface area (Å²) >= 11 is 0. The number of rotatable bonds is 52. The van der Waals surface area contributed by atoms with Crippen LogP contribution in [0.1, 0.15) is 280 Å². The molecule has 0 aromatic carbocycles. The van der Waals surface area contributed by atoms with Gasteiger partial charge in [0.25, 0.3) is 0 Å². The van der Waals surface area contributed by atoms with Gasteiger partial charge < -0.3 is 19.1 Å². The van der Waals surface area contributed by atoms with Crippen LogP contribution in [-0.2, 0) is 28.6 Å². The second-order valence-corrected chi connectivity index (χ2v) is 22.7. The van der Waals surface area contributed by atoms with Crippen LogP contribution in [0, 0.1) is 10.8 Å². The van der Waals surface area contributed by atoms with Gasteiger partial charge in [0.15, 0.2) is 0 Å². The summed E-state index contributed by atoms with van der Waals surface area (Å²) in [7, 11) is 3.96. The molecule has 0 radical (unpaired) electrons. The number of carbonyl (C=O) groups excluding carboxylic acids is 3. The Labute approximate surface area is 429 Å². The molecule has 0 fully saturated rings. The van der Waals surface area contributed by atoms with E-state index in [1.807, 2.05) is 46.7 Å². The highest BCUT2D eigenvalue weighted by atomic mass is 16.5. The number of unbranched alkanes of at least 4 members (excludes halogenated alkanes) is 24. The van der Waals surface area contributed by atoms with Gasteiger partial charge in [-0.1, -0.05) is 182 Å². The van der Waals surface area contributed by atoms with Crippen molar-refractivity contribution in [2.24, 2.45) is 10.8 Å². The number of ether oxygens (including phenoxy) is 3. The number of nitrogens with zero attached hydrogens (tertiary/aromatic N) is 3. The molecule has 0 saturated carbocycles. The first-order chi connectivity index (χ1) is 33.2. The summed E-state index contributed by atoms with van der Waals surface area (Å²) in [5.41, 5.74) is -1.05. The first kappa shape index (κ1) is 67.3. The lowest BCUT2D eigenvalue weighted by Gasteiger charge is -2.26. The third-order valence-corrected chi connectivity index (χ3v) is 14.4. The molecule has 9 heteroatoms. The predicted molar refractivity (Wildman–Crippen MR) is 295 cm³/mol. The maximum Gasteiger partial charge on any atom is 0.311 e. The molecular formula is C60H119N3O6. The molecule has 69 heavy (non-hydrogen) atoms. The molecule has 0 unspecified atom stereocenters. The molecule has 0 atom stereocenters. The third kappa shape index (κ3) is 41.5. The fourth-order valence-corrected chi connectivity index (χ4v) is 9.32. The summed E-state index contributed by atoms with van der Waals surface area (Å²) in [5, 5.41) is 0. The van der Waals surface area contributed by atoms with Gasteiger partial charge in [0, 0.05) is 19.6 Å². The lowest BCUT2D eigenvalue weighted by atomic mass is 9.86. The average molecular weight is 979 g/mol. The molecule has 0 aliphatic rings. The second kappa shape index (κ2) is 46.1. The monoisotopic (exact) mass is 978 g/mol. The minimum absolute atomic E-state index is 0.0880. The number of hydrogen-bond donors (Lipinski definition) is 0. The number of esters is 3. The second-order valence-electron chi connectivity index (χ2n) is 22.7. The van der Waals surface area contributed by atoms with Crippen molar-refractivity contribution in [2.45, 2.75) is 286 Å². The minimum Gasteiger partial charge on any atom is -0.464 e. The molecule has 410 valence electrons. The fourth-order valence-electron chi connectivity index (χ4n) is 9.32. The summed E-state index contributed by atoms with van der Waals surface area (Å²) in [6.45, 7) is 24.8. The number of hydrogen-bond acceptors (Lipinski definition) is 9. The predicted octanol–water partition coefficient (Wildman–Crippen LogP) is 15.9. The zero-order chi connectivity index (χ0) is 51.3. The summed E-state index contributed by atoms with van der Waals surface area (Å²) in [5.74, 6) is -0.304. The Morgan fingerprint density at radius 2 is 0.696 bits per heavy atom. The summed E-state index contributed by atoms with van der Waals surface area (Å²) in [6, 6.07) is 0. The molecule has 9 nitrogen and oxygen atoms in total. The van der Waals surface area contributed by atoms with Gasteiger partial charge in [0.2, 0.25) is 0 Å². The van der Waals surface area contributed by atoms with Crippen LogP contribution in [0.3, 0.4) is 0 Å². The van der Waals surface area contributed by atoms with E-state index in [0.717, 1.165) is 103 Å². The molecule has 0 heterocycles. The van der Waals surface area contributed by atoms with Crippen LogP contribution in [0.15, 0.2) is 0 Å². The average Bonchev–Trinajstić information content (AvgIpc) is 3.31. The molecule has 0 amide bonds. The minimum atomic E-state index is -0.525. The van der Waals surface area contributed by atoms with E-state index in [2.05, 4.69) is 37.5 Å². The zero-order valence-corrected chi connectivity index (χ0v) is 48.0. The largest absolute Gasteiger partial charge is 0.464 e. The Bertz CT molecular complexity index is 1070. The normalized spacial score (nSPS) is 12.3. The Morgan fingerprint density at radius 3 is 1.01 bits per heavy atom. The highest BCUT2D eigenvalue weighted by Crippen LogP contribution is 2.28. The fraction of sp³-hybridized carbons (Fsp3) is 0.950. The molecular weight excluding hydrogens is 859 g/mol. The standard InChI is InChI=1S/C60H119N3O6/c1-11-15-19-23-27-37-46-62(47-38-28-24-20-16-12-2)51-53-67-57(65)59(5,6)44-35-31-33-41-55(69-56(64)43-50-61(9)10)42-34-32-36-45-60(7,8)58(66)68-54-52-63(48-39-29-25-21-17-13-3)49-40-30-26-22-18-14-4/h55H,11-54H2,1-10H3. The molecule has 0 N–H and O–H groups in total. The quantitative estimate of drug-likeness (QED) is 0.0336. The van der Waals surface area contributed by atoms with E-state index in [1.165, 1.54) is 154 Å². The topological polar surface area (TPSA) is 88.6 Å². The van der Waals surface area contributed by atoms with Crippen molar-refractivity contribution in [3.8, 4) is 0 Å². The maximum absolute atomic E-state index is 13.3. The van der Waals surface area contributed by atoms with Crippen molar-refractivity contribution >= 4 is 17.9 Å². The van der Waals surface area contributed by atoms with Crippen molar-refractivity contribution in [3.05, 3.63) is 0 Å². The molecule has 0 saturated heterocycles. The summed E-state index contributed by atoms with van der Waals surface area (Å²) < 4.78 is 17.9. The first-order valence-corrected chi connectivity index (χ1v) is 29.9. The van der Waals surface area contributed by atoms with Crippen LogP contribution in [0.4, 0.5) is 0 Å². The van der Waals surface area contributed by atoms with E-state index >= 15 is 0 Å². The highest BCUT2D eigenvalue weighted by Gasteiger charge is 2.30. The van der Waals surface area contributed by atoms with Gasteiger partial charge >= 0.3 is 17.9 Å². The van der Waals surface area contributed by atoms with E-state index in [1.54, 1.807) is 0 Å². The van der Waals surface area contributed by atoms with Crippen LogP contribution in [-0.4, -0.2) is 112 Å². The summed E-state index contributed by atoms with van der Waals surface area (Å²) in [6.07, 6.45) is 40.4. The van der Waals surface area contributed by atoms with Crippen LogP contribution in [0.2, 0.25) is 0 Å². The Kier molecular flexibility index (Phi) is 45.0. The lowest BCUT2D eigenvalue weighted by molar-refractivity contribution is -0.155. The highest BCUT2D eigenvalue weighted by molar-refractivity contribution is 5.76. The van der Waals surface area contributed by atoms with E-state index in [9.17, 15) is 14.4 Å². The van der Waals surface area contributed by atoms with E-state index in [-0.39, 0.29) is 24.0 Å². The van der Waals surface area contributed by atoms with Crippen LogP contribution in [0.25, 0.3) is 0 Å². The van der Waals surface area contributed by atoms with Gasteiger partial charge in [-0.2, -0.15) is 0 Å². The Morgan fingerprint density at radius 1 is 0.391 bits per heavy atom. The van der Waals surface area contributed by atoms with Gasteiger partial charge in [-0.15, -0.1) is 0 Å². The van der Waals surface area contributed by atoms with Crippen molar-refractivity contribution in [3.63, 3.8) is 0 Å². The van der Waals surface area contributed by atoms with Gasteiger partial charge in [-0.3, -0.25) is 24.2 Å². The van der Waals surface area contributed by atoms with Crippen molar-refractivity contribution in [2.75, 3.05) is 73.1 Å². The first-order valence-electron chi connectivity index (χ1n) is 29.9. The van der Waals surface area contributed by atoms with Gasteiger partial charge in [-0.25, -0.2) is 0 Å². The van der Waals surface area contributed by atoms with E-state index < -0.39 is 10.8 Å². The lowest BCUT2D eigenvalue weighted by Crippen LogP contribution is -2.33. The maximum atomic E-state index is 13.3. The van der Waals surface area contributed by atoms with Gasteiger partial charge in [0.1, 0.15) is 19.3 Å². The van der Waals surface area contributed by atoms with Crippen molar-refractivity contribution in [1.82, 2.24) is 14.7 Å². The molecule has 0 bridgehead atoms. The smallest absolute Gasteiger partial charge is 0.311 e. The van der Waals surface area contributed by atoms with Crippen LogP contribution < -0.4 is 0 Å². The van der Waals surface area contributed by atoms with E-state index in [4.69, 9.17) is 14.2 Å². The molecule has 0 aliphatic carbocycles. The summed E-state index contributed by atoms with van der Waals surface area (Å²) in [4.78, 5) is 46.5. The van der Waals surface area contributed by atoms with Crippen molar-refractivity contribution in [1.29, 1.82) is 0 Å². The number of carbonyl (C=O) groups is 3. The Balaban J connectivity index is 4.92. The molecule has 0 aromatic rings. The zero-order valence-electron chi connectivity index (χ0n) is 48.0. The van der Waals surface area contributed by atoms with Crippen LogP contribution in [0.5, 0.6) is 0 Å². The van der Waals surface area contributed by atoms with Gasteiger partial charge in [0.05, 0.1) is 17.3 Å². The SMILES string of the molecule is CCCCCCCCN(CCCCCCCC)CCOC(=O)C(C)(C)CCCCCC(CCCCCC(C)(C)C(=O)OCCN(CCCCCCCC)CCCCCCCC)OC(=O)CCN(C)C. The van der Waals surface area contributed by atoms with Gasteiger partial charge in [-0.05, 0) is 132 Å². The molecule has 0 aliphatic heterocycles. The molecule has 0 rings (SSSR count). The Hall–Kier alpha value is -1.71. The third-order valence-electron chi connectivity index (χ3n) is 14.4. The molecule has 0 spiro atoms. The van der Waals surface area contributed by atoms with Crippen LogP contribution >= 0.6 is 0 Å². The van der Waals surface area contributed by atoms with Crippen molar-refractivity contribution < 1.29 is 28.6 Å².